The summed E-state index contributed by atoms with van der Waals surface area (Å²) in [7, 11) is 0. The van der Waals surface area contributed by atoms with Gasteiger partial charge in [0.1, 0.15) is 5.82 Å². The predicted molar refractivity (Wildman–Crippen MR) is 324 cm³/mol. The molecule has 1 aliphatic heterocycles. The molecule has 0 atom stereocenters. The van der Waals surface area contributed by atoms with Crippen molar-refractivity contribution in [1.29, 1.82) is 0 Å². The standard InChI is InChI=1S/C72H61N4O.Pt/c1-70(2,3)49-35-36-73-67(42-49)76-64-32-18-17-29-60(64)61-34-33-54(44-65(61)76)77-53-24-19-23-52(43-53)74-45-75-68-55(48-37-47(46-21-11-10-12-22-46)38-50(39-48)71(4,5)6)30-20-31-62(68)58-27-15-13-25-56(58)57-26-14-16-28-59(57)63-40-51(72(7,8)9)41-66(74)69(63)75;/h10-42,45H,1-9H3;/q-3;/i10D,11D,12D,21D,22D;. The van der Waals surface area contributed by atoms with Gasteiger partial charge >= 0.3 is 0 Å². The van der Waals surface area contributed by atoms with E-state index in [9.17, 15) is 0 Å². The summed E-state index contributed by atoms with van der Waals surface area (Å²) in [5.74, 6) is 1.87. The van der Waals surface area contributed by atoms with Gasteiger partial charge in [0.25, 0.3) is 0 Å². The minimum Gasteiger partial charge on any atom is -0.509 e. The predicted octanol–water partition coefficient (Wildman–Crippen LogP) is 19.5. The normalized spacial score (nSPS) is 13.6. The molecule has 9 aromatic carbocycles. The van der Waals surface area contributed by atoms with Crippen molar-refractivity contribution in [1.82, 2.24) is 14.1 Å². The maximum atomic E-state index is 9.15. The number of para-hydroxylation sites is 2. The van der Waals surface area contributed by atoms with Crippen molar-refractivity contribution in [3.63, 3.8) is 0 Å². The van der Waals surface area contributed by atoms with Gasteiger partial charge in [0.05, 0.1) is 6.85 Å². The van der Waals surface area contributed by atoms with Crippen LogP contribution in [0.2, 0.25) is 0 Å². The van der Waals surface area contributed by atoms with Gasteiger partial charge in [0.2, 0.25) is 0 Å². The molecule has 0 fully saturated rings. The number of ether oxygens (including phenoxy) is 1. The van der Waals surface area contributed by atoms with E-state index in [1.54, 1.807) is 0 Å². The first-order chi connectivity index (χ1) is 39.1. The van der Waals surface area contributed by atoms with Crippen LogP contribution in [0.25, 0.3) is 93.2 Å². The summed E-state index contributed by atoms with van der Waals surface area (Å²) in [5.41, 5.74) is 10.6. The van der Waals surface area contributed by atoms with Gasteiger partial charge < -0.3 is 18.8 Å². The van der Waals surface area contributed by atoms with Crippen LogP contribution in [0.1, 0.15) is 85.9 Å². The largest absolute Gasteiger partial charge is 0.509 e. The molecule has 78 heavy (non-hydrogen) atoms. The van der Waals surface area contributed by atoms with Crippen molar-refractivity contribution in [2.45, 2.75) is 78.6 Å². The Morgan fingerprint density at radius 1 is 0.487 bits per heavy atom. The van der Waals surface area contributed by atoms with Crippen LogP contribution in [-0.2, 0) is 37.3 Å². The fraction of sp³-hybridized carbons (Fsp3) is 0.167. The van der Waals surface area contributed by atoms with Gasteiger partial charge in [-0.05, 0) is 141 Å². The number of rotatable bonds is 6. The topological polar surface area (TPSA) is 35.2 Å². The molecule has 12 aromatic rings. The SMILES string of the molecule is [2H]c1c([2H])c([2H])c(-c2cc(-c3cccc4c5ccccc5c5ccccc5c5cc(C(C)(C)C)cc6c5n(c34)[CH-]N6c3[c-]c(Oc4[c-]c5c(cc4)c4ccccc4n5-c4cc(C(C)(C)C)ccn4)ccc3)cc(C(C)(C)C)c2)c([2H])c1[2H].[Pt]. The van der Waals surface area contributed by atoms with Crippen LogP contribution in [-0.4, -0.2) is 14.1 Å². The fourth-order valence-corrected chi connectivity index (χ4v) is 11.1. The van der Waals surface area contributed by atoms with Crippen LogP contribution in [0.5, 0.6) is 11.5 Å². The Labute approximate surface area is 479 Å². The Bertz CT molecular complexity index is 4700. The first-order valence-electron chi connectivity index (χ1n) is 28.9. The second-order valence-corrected chi connectivity index (χ2v) is 23.4. The average Bonchev–Trinajstić information content (AvgIpc) is 2.18. The van der Waals surface area contributed by atoms with Crippen molar-refractivity contribution in [2.75, 3.05) is 4.90 Å². The summed E-state index contributed by atoms with van der Waals surface area (Å²) in [5, 5.41) is 8.55. The average molecular weight is 1200 g/mol. The molecule has 6 heteroatoms. The summed E-state index contributed by atoms with van der Waals surface area (Å²) in [4.78, 5) is 7.12. The Kier molecular flexibility index (Phi) is 11.0. The Balaban J connectivity index is 0.00000680. The van der Waals surface area contributed by atoms with Gasteiger partial charge in [-0.3, -0.25) is 0 Å². The van der Waals surface area contributed by atoms with Crippen molar-refractivity contribution in [3.8, 4) is 39.6 Å². The van der Waals surface area contributed by atoms with Crippen molar-refractivity contribution >= 4 is 76.5 Å². The van der Waals surface area contributed by atoms with Gasteiger partial charge in [-0.1, -0.05) is 207 Å². The van der Waals surface area contributed by atoms with Crippen molar-refractivity contribution in [2.24, 2.45) is 0 Å². The molecule has 0 spiro atoms. The molecule has 3 aromatic heterocycles. The number of nitrogens with zero attached hydrogens (tertiary/aromatic N) is 4. The van der Waals surface area contributed by atoms with Gasteiger partial charge in [-0.25, -0.2) is 4.98 Å². The molecule has 0 saturated heterocycles. The molecule has 13 rings (SSSR count). The number of benzene rings is 9. The number of anilines is 2. The molecule has 0 amide bonds. The van der Waals surface area contributed by atoms with Crippen LogP contribution in [0.4, 0.5) is 11.4 Å². The molecular formula is C72H61N4OPt-3. The number of aromatic nitrogens is 3. The monoisotopic (exact) mass is 1200 g/mol. The van der Waals surface area contributed by atoms with E-state index < -0.39 is 6.04 Å². The van der Waals surface area contributed by atoms with Crippen molar-refractivity contribution < 1.29 is 32.7 Å². The summed E-state index contributed by atoms with van der Waals surface area (Å²) in [6.07, 6.45) is 1.89. The zero-order valence-corrected chi connectivity index (χ0v) is 47.5. The molecule has 0 N–H and O–H groups in total. The van der Waals surface area contributed by atoms with Crippen LogP contribution in [0, 0.1) is 18.8 Å². The van der Waals surface area contributed by atoms with E-state index in [-0.39, 0.29) is 67.0 Å². The molecule has 0 aliphatic carbocycles. The number of pyridine rings is 1. The summed E-state index contributed by atoms with van der Waals surface area (Å²) in [6, 6.07) is 63.1. The zero-order chi connectivity index (χ0) is 57.3. The third kappa shape index (κ3) is 8.79. The van der Waals surface area contributed by atoms with E-state index in [0.717, 1.165) is 105 Å². The molecule has 5 nitrogen and oxygen atoms in total. The zero-order valence-electron chi connectivity index (χ0n) is 50.3. The van der Waals surface area contributed by atoms with Crippen LogP contribution >= 0.6 is 0 Å². The fourth-order valence-electron chi connectivity index (χ4n) is 11.1. The molecule has 1 aliphatic rings. The molecule has 0 saturated carbocycles. The minimum atomic E-state index is -0.422. The smallest absolute Gasteiger partial charge is 0.135 e. The van der Waals surface area contributed by atoms with Crippen LogP contribution < -0.4 is 9.64 Å². The molecule has 0 unspecified atom stereocenters. The number of hydrogen-bond acceptors (Lipinski definition) is 3. The second-order valence-electron chi connectivity index (χ2n) is 23.4. The van der Waals surface area contributed by atoms with Gasteiger partial charge in [0.15, 0.2) is 0 Å². The maximum absolute atomic E-state index is 9.15. The van der Waals surface area contributed by atoms with Crippen molar-refractivity contribution in [3.05, 3.63) is 236 Å². The third-order valence-corrected chi connectivity index (χ3v) is 15.2. The Hall–Kier alpha value is -8.11. The van der Waals surface area contributed by atoms with E-state index in [1.165, 1.54) is 5.56 Å². The van der Waals surface area contributed by atoms with Crippen LogP contribution in [0.15, 0.2) is 200 Å². The number of fused-ring (bicyclic) bond motifs is 10. The molecule has 0 radical (unpaired) electrons. The molecular weight excluding hydrogens is 1130 g/mol. The van der Waals surface area contributed by atoms with E-state index in [4.69, 9.17) is 16.6 Å². The molecule has 388 valence electrons. The summed E-state index contributed by atoms with van der Waals surface area (Å²) >= 11 is 0. The van der Waals surface area contributed by atoms with E-state index >= 15 is 0 Å². The number of hydrogen-bond donors (Lipinski definition) is 0. The minimum absolute atomic E-state index is 0. The Morgan fingerprint density at radius 3 is 1.79 bits per heavy atom. The molecule has 4 heterocycles. The Morgan fingerprint density at radius 2 is 1.09 bits per heavy atom. The van der Waals surface area contributed by atoms with E-state index in [2.05, 4.69) is 229 Å². The van der Waals surface area contributed by atoms with Gasteiger partial charge in [-0.2, -0.15) is 12.1 Å². The summed E-state index contributed by atoms with van der Waals surface area (Å²) in [6.45, 7) is 22.0. The summed E-state index contributed by atoms with van der Waals surface area (Å²) < 4.78 is 55.5. The molecule has 0 bridgehead atoms. The first kappa shape index (κ1) is 45.0. The maximum Gasteiger partial charge on any atom is 0.135 e. The van der Waals surface area contributed by atoms with Crippen LogP contribution in [0.3, 0.4) is 0 Å². The quantitative estimate of drug-likeness (QED) is 0.156. The van der Waals surface area contributed by atoms with Gasteiger partial charge in [-0.15, -0.1) is 35.7 Å². The van der Waals surface area contributed by atoms with E-state index in [1.807, 2.05) is 36.5 Å². The van der Waals surface area contributed by atoms with E-state index in [0.29, 0.717) is 17.1 Å². The first-order valence-corrected chi connectivity index (χ1v) is 26.4. The second kappa shape index (κ2) is 19.1. The third-order valence-electron chi connectivity index (χ3n) is 15.2. The van der Waals surface area contributed by atoms with Gasteiger partial charge in [0, 0.05) is 50.0 Å².